The monoisotopic (exact) mass is 201 g/mol. The van der Waals surface area contributed by atoms with Gasteiger partial charge in [-0.15, -0.1) is 0 Å². The van der Waals surface area contributed by atoms with Gasteiger partial charge < -0.3 is 0 Å². The van der Waals surface area contributed by atoms with Crippen LogP contribution in [0.25, 0.3) is 17.3 Å². The summed E-state index contributed by atoms with van der Waals surface area (Å²) in [6.45, 7) is 0. The van der Waals surface area contributed by atoms with E-state index >= 15 is 0 Å². The van der Waals surface area contributed by atoms with Crippen molar-refractivity contribution in [1.82, 2.24) is 43.8 Å². The highest BCUT2D eigenvalue weighted by atomic mass is 15.5. The largest absolute Gasteiger partial charge is 0.259 e. The standard InChI is InChI=1S/C6H3N9/c1-7-4-13(10-1)5-8-2-12-15(5)6-9-3-11-14(4)6/h1-3H. The Kier molecular flexibility index (Phi) is 0.944. The third kappa shape index (κ3) is 0.652. The van der Waals surface area contributed by atoms with Gasteiger partial charge in [0.05, 0.1) is 0 Å². The summed E-state index contributed by atoms with van der Waals surface area (Å²) in [7, 11) is 0. The zero-order chi connectivity index (χ0) is 9.83. The molecule has 0 N–H and O–H groups in total. The molecule has 4 heterocycles. The van der Waals surface area contributed by atoms with E-state index in [1.165, 1.54) is 19.0 Å². The Hall–Kier alpha value is -2.58. The molecule has 0 aliphatic rings. The van der Waals surface area contributed by atoms with Crippen molar-refractivity contribution < 1.29 is 0 Å². The van der Waals surface area contributed by atoms with E-state index in [2.05, 4.69) is 30.2 Å². The maximum absolute atomic E-state index is 4.08. The SMILES string of the molecule is c1nc2n(n1)c1ncnn1c1ncnn21. The van der Waals surface area contributed by atoms with Crippen molar-refractivity contribution in [3.8, 4) is 0 Å². The number of hydrogen-bond donors (Lipinski definition) is 0. The van der Waals surface area contributed by atoms with Crippen LogP contribution in [0.15, 0.2) is 19.0 Å². The Bertz CT molecular complexity index is 579. The van der Waals surface area contributed by atoms with E-state index in [4.69, 9.17) is 0 Å². The smallest absolute Gasteiger partial charge is 0.197 e. The van der Waals surface area contributed by atoms with Crippen LogP contribution in [0.1, 0.15) is 0 Å². The molecule has 0 fully saturated rings. The molecule has 0 aromatic carbocycles. The molecule has 4 rings (SSSR count). The van der Waals surface area contributed by atoms with E-state index in [1.807, 2.05) is 0 Å². The Morgan fingerprint density at radius 2 is 0.933 bits per heavy atom. The van der Waals surface area contributed by atoms with E-state index in [9.17, 15) is 0 Å². The van der Waals surface area contributed by atoms with Gasteiger partial charge in [-0.25, -0.2) is 0 Å². The van der Waals surface area contributed by atoms with Gasteiger partial charge in [-0.2, -0.15) is 43.8 Å². The van der Waals surface area contributed by atoms with Crippen LogP contribution >= 0.6 is 0 Å². The predicted molar refractivity (Wildman–Crippen MR) is 46.1 cm³/mol. The van der Waals surface area contributed by atoms with Gasteiger partial charge in [0.2, 0.25) is 0 Å². The first-order valence-electron chi connectivity index (χ1n) is 4.16. The molecule has 0 radical (unpaired) electrons. The van der Waals surface area contributed by atoms with Crippen LogP contribution in [-0.4, -0.2) is 43.8 Å². The van der Waals surface area contributed by atoms with Crippen LogP contribution in [-0.2, 0) is 0 Å². The molecular weight excluding hydrogens is 198 g/mol. The number of fused-ring (bicyclic) bond motifs is 6. The van der Waals surface area contributed by atoms with Gasteiger partial charge in [-0.3, -0.25) is 0 Å². The highest BCUT2D eigenvalue weighted by Crippen LogP contribution is 2.06. The minimum Gasteiger partial charge on any atom is -0.197 e. The highest BCUT2D eigenvalue weighted by molar-refractivity contribution is 5.48. The van der Waals surface area contributed by atoms with Crippen molar-refractivity contribution in [3.63, 3.8) is 0 Å². The van der Waals surface area contributed by atoms with E-state index in [0.717, 1.165) is 0 Å². The zero-order valence-corrected chi connectivity index (χ0v) is 7.26. The maximum Gasteiger partial charge on any atom is 0.259 e. The molecule has 0 saturated heterocycles. The second kappa shape index (κ2) is 2.08. The van der Waals surface area contributed by atoms with Crippen molar-refractivity contribution in [2.75, 3.05) is 0 Å². The summed E-state index contributed by atoms with van der Waals surface area (Å²) in [6, 6.07) is 0. The van der Waals surface area contributed by atoms with Gasteiger partial charge in [0, 0.05) is 0 Å². The topological polar surface area (TPSA) is 90.6 Å². The Labute approximate surface area is 81.0 Å². The van der Waals surface area contributed by atoms with Crippen molar-refractivity contribution in [2.45, 2.75) is 0 Å². The second-order valence-corrected chi connectivity index (χ2v) is 2.92. The molecule has 4 aromatic heterocycles. The molecule has 0 amide bonds. The van der Waals surface area contributed by atoms with Crippen LogP contribution in [0, 0.1) is 0 Å². The number of hydrogen-bond acceptors (Lipinski definition) is 6. The van der Waals surface area contributed by atoms with Crippen molar-refractivity contribution in [1.29, 1.82) is 0 Å². The van der Waals surface area contributed by atoms with Crippen LogP contribution in [0.4, 0.5) is 0 Å². The normalized spacial score (nSPS) is 12.0. The fourth-order valence-electron chi connectivity index (χ4n) is 1.56. The van der Waals surface area contributed by atoms with Crippen molar-refractivity contribution >= 4 is 17.3 Å². The highest BCUT2D eigenvalue weighted by Gasteiger charge is 2.12. The van der Waals surface area contributed by atoms with Gasteiger partial charge in [0.15, 0.2) is 0 Å². The molecule has 0 bridgehead atoms. The summed E-state index contributed by atoms with van der Waals surface area (Å²) in [5.74, 6) is 1.68. The fraction of sp³-hybridized carbons (Fsp3) is 0. The third-order valence-electron chi connectivity index (χ3n) is 2.16. The molecule has 0 spiro atoms. The first kappa shape index (κ1) is 6.81. The lowest BCUT2D eigenvalue weighted by Crippen LogP contribution is -2.06. The van der Waals surface area contributed by atoms with E-state index in [-0.39, 0.29) is 0 Å². The van der Waals surface area contributed by atoms with Gasteiger partial charge in [0.1, 0.15) is 19.0 Å². The molecule has 0 aliphatic carbocycles. The lowest BCUT2D eigenvalue weighted by molar-refractivity contribution is 0.815. The summed E-state index contributed by atoms with van der Waals surface area (Å²) in [6.07, 6.45) is 4.31. The molecule has 9 heteroatoms. The quantitative estimate of drug-likeness (QED) is 0.355. The molecule has 9 nitrogen and oxygen atoms in total. The minimum atomic E-state index is 0.558. The van der Waals surface area contributed by atoms with Crippen molar-refractivity contribution in [2.24, 2.45) is 0 Å². The van der Waals surface area contributed by atoms with Gasteiger partial charge in [0.25, 0.3) is 17.3 Å². The first-order chi connectivity index (χ1) is 7.45. The lowest BCUT2D eigenvalue weighted by atomic mass is 10.9. The number of nitrogens with zero attached hydrogens (tertiary/aromatic N) is 9. The Morgan fingerprint density at radius 1 is 0.600 bits per heavy atom. The van der Waals surface area contributed by atoms with Gasteiger partial charge in [-0.05, 0) is 0 Å². The molecule has 0 aliphatic heterocycles. The van der Waals surface area contributed by atoms with Gasteiger partial charge >= 0.3 is 0 Å². The predicted octanol–water partition coefficient (Wildman–Crippen LogP) is -1.19. The zero-order valence-electron chi connectivity index (χ0n) is 7.26. The summed E-state index contributed by atoms with van der Waals surface area (Å²) in [4.78, 5) is 12.2. The van der Waals surface area contributed by atoms with Crippen LogP contribution in [0.2, 0.25) is 0 Å². The maximum atomic E-state index is 4.08. The first-order valence-corrected chi connectivity index (χ1v) is 4.16. The molecule has 15 heavy (non-hydrogen) atoms. The molecule has 0 saturated carbocycles. The molecule has 0 atom stereocenters. The van der Waals surface area contributed by atoms with Crippen LogP contribution in [0.5, 0.6) is 0 Å². The Balaban J connectivity index is 2.56. The summed E-state index contributed by atoms with van der Waals surface area (Å²) < 4.78 is 4.65. The molecule has 72 valence electrons. The minimum absolute atomic E-state index is 0.558. The molecular formula is C6H3N9. The van der Waals surface area contributed by atoms with E-state index < -0.39 is 0 Å². The summed E-state index contributed by atoms with van der Waals surface area (Å²) in [5, 5.41) is 12.1. The average Bonchev–Trinajstić information content (AvgIpc) is 2.97. The van der Waals surface area contributed by atoms with E-state index in [1.54, 1.807) is 13.5 Å². The van der Waals surface area contributed by atoms with Crippen molar-refractivity contribution in [3.05, 3.63) is 19.0 Å². The lowest BCUT2D eigenvalue weighted by Gasteiger charge is -1.97. The second-order valence-electron chi connectivity index (χ2n) is 2.92. The number of rotatable bonds is 0. The summed E-state index contributed by atoms with van der Waals surface area (Å²) >= 11 is 0. The third-order valence-corrected chi connectivity index (χ3v) is 2.16. The van der Waals surface area contributed by atoms with Crippen LogP contribution < -0.4 is 0 Å². The number of aromatic nitrogens is 9. The Morgan fingerprint density at radius 3 is 1.27 bits per heavy atom. The van der Waals surface area contributed by atoms with E-state index in [0.29, 0.717) is 17.3 Å². The fourth-order valence-corrected chi connectivity index (χ4v) is 1.56. The average molecular weight is 201 g/mol. The molecule has 0 unspecified atom stereocenters. The molecule has 4 aromatic rings. The summed E-state index contributed by atoms with van der Waals surface area (Å²) in [5.41, 5.74) is 0. The van der Waals surface area contributed by atoms with Crippen LogP contribution in [0.3, 0.4) is 0 Å². The van der Waals surface area contributed by atoms with Gasteiger partial charge in [-0.1, -0.05) is 0 Å².